The van der Waals surface area contributed by atoms with Crippen molar-refractivity contribution in [2.45, 2.75) is 51.6 Å². The summed E-state index contributed by atoms with van der Waals surface area (Å²) in [6, 6.07) is 7.40. The first-order chi connectivity index (χ1) is 14.4. The van der Waals surface area contributed by atoms with E-state index in [1.165, 1.54) is 6.07 Å². The lowest BCUT2D eigenvalue weighted by Gasteiger charge is -2.17. The van der Waals surface area contributed by atoms with Crippen molar-refractivity contribution >= 4 is 16.8 Å². The quantitative estimate of drug-likeness (QED) is 0.700. The van der Waals surface area contributed by atoms with Crippen molar-refractivity contribution in [1.82, 2.24) is 14.9 Å². The molecule has 1 aliphatic heterocycles. The van der Waals surface area contributed by atoms with Crippen LogP contribution in [0.25, 0.3) is 10.9 Å². The van der Waals surface area contributed by atoms with Crippen LogP contribution in [-0.4, -0.2) is 15.5 Å². The van der Waals surface area contributed by atoms with Gasteiger partial charge in [0.05, 0.1) is 16.9 Å². The van der Waals surface area contributed by atoms with Gasteiger partial charge in [-0.05, 0) is 44.0 Å². The molecule has 1 N–H and O–H groups in total. The number of carbonyl (C=O) groups excluding carboxylic acids is 1. The Balaban J connectivity index is 1.63. The van der Waals surface area contributed by atoms with E-state index in [1.54, 1.807) is 29.7 Å². The first-order valence-electron chi connectivity index (χ1n) is 10.2. The predicted molar refractivity (Wildman–Crippen MR) is 110 cm³/mol. The van der Waals surface area contributed by atoms with Crippen LogP contribution in [0.4, 0.5) is 8.78 Å². The molecular formula is C23H23F2N3O2. The van der Waals surface area contributed by atoms with Gasteiger partial charge >= 0.3 is 0 Å². The van der Waals surface area contributed by atoms with Crippen LogP contribution in [0.5, 0.6) is 0 Å². The van der Waals surface area contributed by atoms with E-state index in [1.807, 2.05) is 0 Å². The van der Waals surface area contributed by atoms with Gasteiger partial charge in [-0.15, -0.1) is 0 Å². The van der Waals surface area contributed by atoms with Crippen molar-refractivity contribution in [2.75, 3.05) is 0 Å². The van der Waals surface area contributed by atoms with Gasteiger partial charge in [-0.1, -0.05) is 18.9 Å². The molecule has 0 radical (unpaired) electrons. The molecule has 4 rings (SSSR count). The molecule has 1 atom stereocenters. The minimum absolute atomic E-state index is 0.0781. The molecule has 1 amide bonds. The highest BCUT2D eigenvalue weighted by Crippen LogP contribution is 2.20. The topological polar surface area (TPSA) is 64.0 Å². The monoisotopic (exact) mass is 411 g/mol. The lowest BCUT2D eigenvalue weighted by atomic mass is 10.1. The van der Waals surface area contributed by atoms with Gasteiger partial charge in [-0.2, -0.15) is 0 Å². The van der Waals surface area contributed by atoms with Crippen LogP contribution in [0.2, 0.25) is 0 Å². The fraction of sp³-hybridized carbons (Fsp3) is 0.348. The van der Waals surface area contributed by atoms with Gasteiger partial charge in [0.25, 0.3) is 11.5 Å². The fourth-order valence-electron chi connectivity index (χ4n) is 3.95. The van der Waals surface area contributed by atoms with Crippen LogP contribution in [0, 0.1) is 11.6 Å². The third kappa shape index (κ3) is 3.97. The molecule has 5 nitrogen and oxygen atoms in total. The molecule has 0 spiro atoms. The van der Waals surface area contributed by atoms with Crippen LogP contribution in [0.15, 0.2) is 41.2 Å². The number of hydrogen-bond donors (Lipinski definition) is 1. The molecule has 0 unspecified atom stereocenters. The van der Waals surface area contributed by atoms with Crippen LogP contribution in [-0.2, 0) is 13.0 Å². The molecule has 7 heteroatoms. The minimum Gasteiger partial charge on any atom is -0.345 e. The van der Waals surface area contributed by atoms with E-state index in [0.29, 0.717) is 23.0 Å². The number of fused-ring (bicyclic) bond motifs is 2. The smallest absolute Gasteiger partial charge is 0.261 e. The number of aryl methyl sites for hydroxylation is 1. The first-order valence-corrected chi connectivity index (χ1v) is 10.2. The van der Waals surface area contributed by atoms with Crippen LogP contribution in [0.1, 0.15) is 60.4 Å². The van der Waals surface area contributed by atoms with Gasteiger partial charge in [-0.3, -0.25) is 14.2 Å². The largest absolute Gasteiger partial charge is 0.345 e. The van der Waals surface area contributed by atoms with Gasteiger partial charge in [0.2, 0.25) is 0 Å². The molecule has 30 heavy (non-hydrogen) atoms. The number of rotatable bonds is 3. The Bertz CT molecular complexity index is 1170. The molecular weight excluding hydrogens is 388 g/mol. The zero-order valence-corrected chi connectivity index (χ0v) is 16.8. The Hall–Kier alpha value is -3.09. The number of carbonyl (C=O) groups is 1. The Labute approximate surface area is 172 Å². The highest BCUT2D eigenvalue weighted by Gasteiger charge is 2.18. The second-order valence-corrected chi connectivity index (χ2v) is 7.74. The molecule has 0 saturated heterocycles. The summed E-state index contributed by atoms with van der Waals surface area (Å²) in [5.74, 6) is -1.04. The summed E-state index contributed by atoms with van der Waals surface area (Å²) in [4.78, 5) is 30.3. The zero-order valence-electron chi connectivity index (χ0n) is 16.8. The Morgan fingerprint density at radius 2 is 1.90 bits per heavy atom. The van der Waals surface area contributed by atoms with E-state index in [9.17, 15) is 18.4 Å². The van der Waals surface area contributed by atoms with E-state index < -0.39 is 23.6 Å². The molecule has 2 heterocycles. The zero-order chi connectivity index (χ0) is 21.3. The highest BCUT2D eigenvalue weighted by atomic mass is 19.1. The summed E-state index contributed by atoms with van der Waals surface area (Å²) in [6.07, 6.45) is 4.91. The average molecular weight is 411 g/mol. The second kappa shape index (κ2) is 8.34. The number of halogens is 2. The number of nitrogens with zero attached hydrogens (tertiary/aromatic N) is 2. The SMILES string of the molecule is C[C@@H](NC(=O)c1ccc2c(=O)n3c(nc2c1)CCCCCC3)c1ccc(F)cc1F. The summed E-state index contributed by atoms with van der Waals surface area (Å²) in [5, 5.41) is 3.20. The van der Waals surface area contributed by atoms with Gasteiger partial charge in [0.1, 0.15) is 17.5 Å². The van der Waals surface area contributed by atoms with Crippen LogP contribution >= 0.6 is 0 Å². The molecule has 0 bridgehead atoms. The number of amides is 1. The molecule has 0 saturated carbocycles. The van der Waals surface area contributed by atoms with Crippen molar-refractivity contribution in [3.63, 3.8) is 0 Å². The molecule has 156 valence electrons. The highest BCUT2D eigenvalue weighted by molar-refractivity contribution is 5.97. The molecule has 1 aliphatic rings. The molecule has 0 fully saturated rings. The summed E-state index contributed by atoms with van der Waals surface area (Å²) < 4.78 is 28.9. The Kier molecular flexibility index (Phi) is 5.61. The number of nitrogens with one attached hydrogen (secondary N) is 1. The standard InChI is InChI=1S/C23H23F2N3O2/c1-14(17-10-8-16(24)13-19(17)25)26-22(29)15-7-9-18-20(12-15)27-21-6-4-2-3-5-11-28(21)23(18)30/h7-10,12-14H,2-6,11H2,1H3,(H,26,29)/t14-/m1/s1. The normalized spacial score (nSPS) is 15.2. The van der Waals surface area contributed by atoms with Gasteiger partial charge < -0.3 is 5.32 Å². The second-order valence-electron chi connectivity index (χ2n) is 7.74. The van der Waals surface area contributed by atoms with Crippen LogP contribution < -0.4 is 10.9 Å². The Morgan fingerprint density at radius 3 is 2.70 bits per heavy atom. The molecule has 2 aromatic carbocycles. The third-order valence-electron chi connectivity index (χ3n) is 5.61. The van der Waals surface area contributed by atoms with Gasteiger partial charge in [0, 0.05) is 30.2 Å². The van der Waals surface area contributed by atoms with Crippen molar-refractivity contribution < 1.29 is 13.6 Å². The van der Waals surface area contributed by atoms with Gasteiger partial charge in [0.15, 0.2) is 0 Å². The molecule has 0 aliphatic carbocycles. The maximum Gasteiger partial charge on any atom is 0.261 e. The van der Waals surface area contributed by atoms with E-state index >= 15 is 0 Å². The average Bonchev–Trinajstić information content (AvgIpc) is 2.69. The summed E-state index contributed by atoms with van der Waals surface area (Å²) in [5.41, 5.74) is 0.938. The van der Waals surface area contributed by atoms with Crippen molar-refractivity contribution in [1.29, 1.82) is 0 Å². The summed E-state index contributed by atoms with van der Waals surface area (Å²) in [6.45, 7) is 2.29. The lowest BCUT2D eigenvalue weighted by Crippen LogP contribution is -2.28. The first kappa shape index (κ1) is 20.2. The van der Waals surface area contributed by atoms with Gasteiger partial charge in [-0.25, -0.2) is 13.8 Å². The number of benzene rings is 2. The van der Waals surface area contributed by atoms with E-state index in [0.717, 1.165) is 50.1 Å². The third-order valence-corrected chi connectivity index (χ3v) is 5.61. The van der Waals surface area contributed by atoms with E-state index in [4.69, 9.17) is 0 Å². The van der Waals surface area contributed by atoms with E-state index in [-0.39, 0.29) is 11.1 Å². The number of hydrogen-bond acceptors (Lipinski definition) is 3. The fourth-order valence-corrected chi connectivity index (χ4v) is 3.95. The van der Waals surface area contributed by atoms with E-state index in [2.05, 4.69) is 10.3 Å². The summed E-state index contributed by atoms with van der Waals surface area (Å²) in [7, 11) is 0. The lowest BCUT2D eigenvalue weighted by molar-refractivity contribution is 0.0939. The number of aromatic nitrogens is 2. The maximum atomic E-state index is 14.0. The minimum atomic E-state index is -0.713. The predicted octanol–water partition coefficient (Wildman–Crippen LogP) is 4.28. The summed E-state index contributed by atoms with van der Waals surface area (Å²) >= 11 is 0. The van der Waals surface area contributed by atoms with Crippen molar-refractivity contribution in [3.05, 3.63) is 75.3 Å². The van der Waals surface area contributed by atoms with Crippen molar-refractivity contribution in [2.24, 2.45) is 0 Å². The molecule has 3 aromatic rings. The molecule has 1 aromatic heterocycles. The van der Waals surface area contributed by atoms with Crippen molar-refractivity contribution in [3.8, 4) is 0 Å². The maximum absolute atomic E-state index is 14.0. The Morgan fingerprint density at radius 1 is 1.10 bits per heavy atom. The van der Waals surface area contributed by atoms with Crippen LogP contribution in [0.3, 0.4) is 0 Å².